The summed E-state index contributed by atoms with van der Waals surface area (Å²) in [5.41, 5.74) is 4.36. The van der Waals surface area contributed by atoms with Gasteiger partial charge in [0.2, 0.25) is 15.9 Å². The van der Waals surface area contributed by atoms with Gasteiger partial charge in [-0.2, -0.15) is 9.41 Å². The molecule has 1 fully saturated rings. The predicted octanol–water partition coefficient (Wildman–Crippen LogP) is 4.59. The summed E-state index contributed by atoms with van der Waals surface area (Å²) in [6.45, 7) is 0.980. The van der Waals surface area contributed by atoms with E-state index in [-0.39, 0.29) is 29.8 Å². The third-order valence-corrected chi connectivity index (χ3v) is 8.53. The molecule has 1 saturated heterocycles. The summed E-state index contributed by atoms with van der Waals surface area (Å²) in [5, 5.41) is 4.08. The molecule has 194 valence electrons. The maximum atomic E-state index is 12.9. The Morgan fingerprint density at radius 2 is 1.76 bits per heavy atom. The van der Waals surface area contributed by atoms with Gasteiger partial charge in [-0.15, -0.1) is 0 Å². The van der Waals surface area contributed by atoms with Crippen molar-refractivity contribution in [1.29, 1.82) is 0 Å². The van der Waals surface area contributed by atoms with Crippen molar-refractivity contribution in [2.24, 2.45) is 11.0 Å². The van der Waals surface area contributed by atoms with E-state index in [0.29, 0.717) is 30.9 Å². The van der Waals surface area contributed by atoms with E-state index in [1.165, 1.54) is 10.5 Å². The van der Waals surface area contributed by atoms with Gasteiger partial charge in [-0.25, -0.2) is 13.8 Å². The molecule has 4 rings (SSSR count). The second-order valence-corrected chi connectivity index (χ2v) is 11.4. The van der Waals surface area contributed by atoms with Crippen LogP contribution in [0.2, 0.25) is 0 Å². The highest BCUT2D eigenvalue weighted by atomic mass is 79.9. The first kappa shape index (κ1) is 26.8. The maximum Gasteiger partial charge on any atom is 0.243 e. The summed E-state index contributed by atoms with van der Waals surface area (Å²) >= 11 is 3.32. The predicted molar refractivity (Wildman–Crippen MR) is 145 cm³/mol. The van der Waals surface area contributed by atoms with E-state index in [2.05, 4.69) is 26.5 Å². The molecule has 1 aliphatic heterocycles. The Hall–Kier alpha value is -3.21. The van der Waals surface area contributed by atoms with Gasteiger partial charge in [0.25, 0.3) is 0 Å². The van der Waals surface area contributed by atoms with Gasteiger partial charge in [0.1, 0.15) is 6.61 Å². The number of nitrogens with one attached hydrogen (secondary N) is 1. The van der Waals surface area contributed by atoms with Crippen molar-refractivity contribution in [3.63, 3.8) is 0 Å². The van der Waals surface area contributed by atoms with Crippen molar-refractivity contribution in [1.82, 2.24) is 9.73 Å². The third-order valence-electron chi connectivity index (χ3n) is 6.09. The van der Waals surface area contributed by atoms with E-state index < -0.39 is 10.0 Å². The topological polar surface area (TPSA) is 97.3 Å². The molecule has 0 aromatic heterocycles. The van der Waals surface area contributed by atoms with Gasteiger partial charge in [0.05, 0.1) is 18.2 Å². The highest BCUT2D eigenvalue weighted by Crippen LogP contribution is 2.28. The van der Waals surface area contributed by atoms with Crippen LogP contribution < -0.4 is 14.9 Å². The lowest BCUT2D eigenvalue weighted by Crippen LogP contribution is -2.42. The van der Waals surface area contributed by atoms with E-state index in [4.69, 9.17) is 9.47 Å². The van der Waals surface area contributed by atoms with Crippen LogP contribution in [-0.4, -0.2) is 45.0 Å². The largest absolute Gasteiger partial charge is 0.493 e. The molecule has 0 aliphatic carbocycles. The lowest BCUT2D eigenvalue weighted by molar-refractivity contribution is -0.126. The fourth-order valence-electron chi connectivity index (χ4n) is 3.99. The number of carbonyl (C=O) groups excluding carboxylic acids is 1. The summed E-state index contributed by atoms with van der Waals surface area (Å²) < 4.78 is 39.3. The first-order valence-corrected chi connectivity index (χ1v) is 14.0. The smallest absolute Gasteiger partial charge is 0.243 e. The molecule has 10 heteroatoms. The van der Waals surface area contributed by atoms with Gasteiger partial charge in [-0.3, -0.25) is 4.79 Å². The Kier molecular flexibility index (Phi) is 8.96. The molecule has 0 unspecified atom stereocenters. The molecule has 0 atom stereocenters. The van der Waals surface area contributed by atoms with Crippen LogP contribution in [0.15, 0.2) is 87.3 Å². The first-order chi connectivity index (χ1) is 17.9. The van der Waals surface area contributed by atoms with Crippen molar-refractivity contribution in [2.75, 3.05) is 20.2 Å². The van der Waals surface area contributed by atoms with Gasteiger partial charge in [0, 0.05) is 23.5 Å². The number of carbonyl (C=O) groups is 1. The zero-order chi connectivity index (χ0) is 26.3. The number of piperidine rings is 1. The van der Waals surface area contributed by atoms with Crippen LogP contribution in [0.25, 0.3) is 0 Å². The Morgan fingerprint density at radius 1 is 1.05 bits per heavy atom. The molecule has 1 heterocycles. The summed E-state index contributed by atoms with van der Waals surface area (Å²) in [4.78, 5) is 12.9. The summed E-state index contributed by atoms with van der Waals surface area (Å²) in [6, 6.07) is 21.8. The number of hydrogen-bond donors (Lipinski definition) is 1. The lowest BCUT2D eigenvalue weighted by Gasteiger charge is -2.30. The van der Waals surface area contributed by atoms with Crippen LogP contribution in [0.5, 0.6) is 11.5 Å². The van der Waals surface area contributed by atoms with Crippen molar-refractivity contribution in [3.8, 4) is 11.5 Å². The van der Waals surface area contributed by atoms with Crippen molar-refractivity contribution in [2.45, 2.75) is 24.3 Å². The number of amides is 1. The maximum absolute atomic E-state index is 12.9. The number of methoxy groups -OCH3 is 1. The Morgan fingerprint density at radius 3 is 2.43 bits per heavy atom. The van der Waals surface area contributed by atoms with Crippen molar-refractivity contribution < 1.29 is 22.7 Å². The third kappa shape index (κ3) is 6.97. The fraction of sp³-hybridized carbons (Fsp3) is 0.259. The average molecular weight is 587 g/mol. The molecule has 37 heavy (non-hydrogen) atoms. The number of rotatable bonds is 9. The van der Waals surface area contributed by atoms with Crippen LogP contribution in [0.1, 0.15) is 24.0 Å². The standard InChI is InChI=1S/C27H28BrN3O5S/c1-35-26-17-21(7-12-25(26)36-19-20-5-3-2-4-6-20)18-29-30-27(32)22-13-15-31(16-14-22)37(33,34)24-10-8-23(28)9-11-24/h2-12,17-18,22H,13-16,19H2,1H3,(H,30,32)/b29-18-. The zero-order valence-corrected chi connectivity index (χ0v) is 22.7. The number of hydrogen-bond acceptors (Lipinski definition) is 6. The highest BCUT2D eigenvalue weighted by Gasteiger charge is 2.32. The van der Waals surface area contributed by atoms with Gasteiger partial charge >= 0.3 is 0 Å². The molecule has 1 amide bonds. The fourth-order valence-corrected chi connectivity index (χ4v) is 5.73. The van der Waals surface area contributed by atoms with Gasteiger partial charge in [0.15, 0.2) is 11.5 Å². The minimum Gasteiger partial charge on any atom is -0.493 e. The van der Waals surface area contributed by atoms with Crippen LogP contribution >= 0.6 is 15.9 Å². The van der Waals surface area contributed by atoms with Crippen molar-refractivity contribution in [3.05, 3.63) is 88.4 Å². The molecular weight excluding hydrogens is 558 g/mol. The minimum atomic E-state index is -3.58. The second-order valence-electron chi connectivity index (χ2n) is 8.55. The summed E-state index contributed by atoms with van der Waals surface area (Å²) in [7, 11) is -2.02. The van der Waals surface area contributed by atoms with Gasteiger partial charge in [-0.05, 0) is 66.4 Å². The summed E-state index contributed by atoms with van der Waals surface area (Å²) in [5.74, 6) is 0.631. The quantitative estimate of drug-likeness (QED) is 0.292. The highest BCUT2D eigenvalue weighted by molar-refractivity contribution is 9.10. The Bertz CT molecular complexity index is 1340. The molecule has 0 bridgehead atoms. The normalized spacial score (nSPS) is 15.0. The summed E-state index contributed by atoms with van der Waals surface area (Å²) in [6.07, 6.45) is 2.39. The van der Waals surface area contributed by atoms with E-state index in [9.17, 15) is 13.2 Å². The van der Waals surface area contributed by atoms with Crippen LogP contribution in [0, 0.1) is 5.92 Å². The SMILES string of the molecule is COc1cc(/C=N\NC(=O)C2CCN(S(=O)(=O)c3ccc(Br)cc3)CC2)ccc1OCc1ccccc1. The molecule has 1 N–H and O–H groups in total. The van der Waals surface area contributed by atoms with Gasteiger partial charge < -0.3 is 9.47 Å². The number of halogens is 1. The number of ether oxygens (including phenoxy) is 2. The van der Waals surface area contributed by atoms with Crippen LogP contribution in [-0.2, 0) is 21.4 Å². The van der Waals surface area contributed by atoms with E-state index in [1.54, 1.807) is 43.5 Å². The van der Waals surface area contributed by atoms with E-state index >= 15 is 0 Å². The molecule has 1 aliphatic rings. The monoisotopic (exact) mass is 585 g/mol. The average Bonchev–Trinajstić information content (AvgIpc) is 2.93. The van der Waals surface area contributed by atoms with Crippen molar-refractivity contribution >= 4 is 38.1 Å². The first-order valence-electron chi connectivity index (χ1n) is 11.8. The number of nitrogens with zero attached hydrogens (tertiary/aromatic N) is 2. The van der Waals surface area contributed by atoms with Crippen LogP contribution in [0.3, 0.4) is 0 Å². The molecule has 3 aromatic rings. The second kappa shape index (κ2) is 12.4. The molecule has 8 nitrogen and oxygen atoms in total. The Labute approximate surface area is 225 Å². The number of sulfonamides is 1. The molecular formula is C27H28BrN3O5S. The van der Waals surface area contributed by atoms with Crippen LogP contribution in [0.4, 0.5) is 0 Å². The Balaban J connectivity index is 1.28. The lowest BCUT2D eigenvalue weighted by atomic mass is 9.98. The molecule has 0 radical (unpaired) electrons. The molecule has 0 spiro atoms. The van der Waals surface area contributed by atoms with E-state index in [0.717, 1.165) is 15.6 Å². The molecule has 3 aromatic carbocycles. The van der Waals surface area contributed by atoms with E-state index in [1.807, 2.05) is 36.4 Å². The number of hydrazone groups is 1. The van der Waals surface area contributed by atoms with Gasteiger partial charge in [-0.1, -0.05) is 46.3 Å². The minimum absolute atomic E-state index is 0.230. The zero-order valence-electron chi connectivity index (χ0n) is 20.3. The number of benzene rings is 3. The molecule has 0 saturated carbocycles.